The second-order valence-corrected chi connectivity index (χ2v) is 6.58. The fourth-order valence-electron chi connectivity index (χ4n) is 3.16. The molecule has 0 aromatic heterocycles. The maximum absolute atomic E-state index is 3.61. The van der Waals surface area contributed by atoms with Crippen LogP contribution >= 0.6 is 0 Å². The second kappa shape index (κ2) is 4.66. The van der Waals surface area contributed by atoms with E-state index < -0.39 is 0 Å². The van der Waals surface area contributed by atoms with Crippen LogP contribution in [0, 0.1) is 17.3 Å². The van der Waals surface area contributed by atoms with E-state index in [0.717, 1.165) is 24.4 Å². The van der Waals surface area contributed by atoms with Crippen LogP contribution in [-0.2, 0) is 0 Å². The summed E-state index contributed by atoms with van der Waals surface area (Å²) >= 11 is 0. The van der Waals surface area contributed by atoms with Crippen LogP contribution in [-0.4, -0.2) is 37.1 Å². The first-order valence-corrected chi connectivity index (χ1v) is 6.98. The molecule has 0 aromatic carbocycles. The summed E-state index contributed by atoms with van der Waals surface area (Å²) in [6.07, 6.45) is 2.77. The molecule has 16 heavy (non-hydrogen) atoms. The number of rotatable bonds is 4. The van der Waals surface area contributed by atoms with Crippen molar-refractivity contribution in [3.8, 4) is 0 Å². The van der Waals surface area contributed by atoms with Gasteiger partial charge >= 0.3 is 0 Å². The highest BCUT2D eigenvalue weighted by atomic mass is 15.2. The Labute approximate surface area is 101 Å². The number of nitrogens with one attached hydrogen (secondary N) is 1. The van der Waals surface area contributed by atoms with Crippen molar-refractivity contribution in [1.82, 2.24) is 10.2 Å². The summed E-state index contributed by atoms with van der Waals surface area (Å²) in [5.74, 6) is 1.78. The molecule has 2 rings (SSSR count). The maximum atomic E-state index is 3.61. The van der Waals surface area contributed by atoms with Crippen LogP contribution in [0.3, 0.4) is 0 Å². The zero-order valence-electron chi connectivity index (χ0n) is 11.4. The van der Waals surface area contributed by atoms with E-state index in [2.05, 4.69) is 37.9 Å². The van der Waals surface area contributed by atoms with E-state index in [9.17, 15) is 0 Å². The third kappa shape index (κ3) is 2.78. The van der Waals surface area contributed by atoms with E-state index in [1.54, 1.807) is 0 Å². The zero-order valence-corrected chi connectivity index (χ0v) is 11.4. The summed E-state index contributed by atoms with van der Waals surface area (Å²) < 4.78 is 0. The van der Waals surface area contributed by atoms with Crippen LogP contribution in [0.25, 0.3) is 0 Å². The molecule has 1 heterocycles. The molecule has 1 aliphatic heterocycles. The number of likely N-dealkylation sites (tertiary alicyclic amines) is 1. The van der Waals surface area contributed by atoms with Gasteiger partial charge in [0.1, 0.15) is 0 Å². The lowest BCUT2D eigenvalue weighted by Gasteiger charge is -2.37. The molecular formula is C14H28N2. The monoisotopic (exact) mass is 224 g/mol. The zero-order chi connectivity index (χ0) is 11.8. The highest BCUT2D eigenvalue weighted by Gasteiger charge is 2.46. The Morgan fingerprint density at radius 2 is 2.06 bits per heavy atom. The number of nitrogens with zero attached hydrogens (tertiary/aromatic N) is 1. The van der Waals surface area contributed by atoms with Gasteiger partial charge in [0.2, 0.25) is 0 Å². The minimum atomic E-state index is 0.641. The predicted molar refractivity (Wildman–Crippen MR) is 69.6 cm³/mol. The molecule has 2 fully saturated rings. The SMILES string of the molecule is CCNC1CCN(CC2CC2(C)C)CC1C. The van der Waals surface area contributed by atoms with E-state index in [-0.39, 0.29) is 0 Å². The van der Waals surface area contributed by atoms with Crippen molar-refractivity contribution in [2.24, 2.45) is 17.3 Å². The number of hydrogen-bond donors (Lipinski definition) is 1. The van der Waals surface area contributed by atoms with Crippen molar-refractivity contribution in [3.63, 3.8) is 0 Å². The molecule has 3 atom stereocenters. The minimum absolute atomic E-state index is 0.641. The molecule has 2 heteroatoms. The van der Waals surface area contributed by atoms with Gasteiger partial charge in [-0.05, 0) is 43.2 Å². The summed E-state index contributed by atoms with van der Waals surface area (Å²) in [7, 11) is 0. The largest absolute Gasteiger partial charge is 0.314 e. The van der Waals surface area contributed by atoms with Gasteiger partial charge in [0.25, 0.3) is 0 Å². The van der Waals surface area contributed by atoms with Crippen molar-refractivity contribution in [2.45, 2.75) is 46.6 Å². The van der Waals surface area contributed by atoms with E-state index in [1.165, 1.54) is 32.5 Å². The summed E-state index contributed by atoms with van der Waals surface area (Å²) in [5, 5.41) is 3.61. The molecule has 0 aromatic rings. The van der Waals surface area contributed by atoms with Gasteiger partial charge < -0.3 is 10.2 Å². The van der Waals surface area contributed by atoms with Gasteiger partial charge in [0, 0.05) is 19.1 Å². The van der Waals surface area contributed by atoms with Gasteiger partial charge in [-0.1, -0.05) is 27.7 Å². The molecule has 1 saturated carbocycles. The Morgan fingerprint density at radius 1 is 1.38 bits per heavy atom. The molecule has 1 aliphatic carbocycles. The van der Waals surface area contributed by atoms with Crippen LogP contribution in [0.5, 0.6) is 0 Å². The van der Waals surface area contributed by atoms with Crippen molar-refractivity contribution in [2.75, 3.05) is 26.2 Å². The standard InChI is InChI=1S/C14H28N2/c1-5-15-13-6-7-16(9-11(13)2)10-12-8-14(12,3)4/h11-13,15H,5-10H2,1-4H3. The highest BCUT2D eigenvalue weighted by molar-refractivity contribution is 4.97. The summed E-state index contributed by atoms with van der Waals surface area (Å²) in [5.41, 5.74) is 0.641. The maximum Gasteiger partial charge on any atom is 0.0117 e. The van der Waals surface area contributed by atoms with E-state index in [4.69, 9.17) is 0 Å². The first-order valence-electron chi connectivity index (χ1n) is 6.98. The highest BCUT2D eigenvalue weighted by Crippen LogP contribution is 2.52. The van der Waals surface area contributed by atoms with E-state index >= 15 is 0 Å². The van der Waals surface area contributed by atoms with Gasteiger partial charge in [-0.15, -0.1) is 0 Å². The number of hydrogen-bond acceptors (Lipinski definition) is 2. The quantitative estimate of drug-likeness (QED) is 0.788. The summed E-state index contributed by atoms with van der Waals surface area (Å²) in [4.78, 5) is 2.69. The molecule has 2 aliphatic rings. The fourth-order valence-corrected chi connectivity index (χ4v) is 3.16. The lowest BCUT2D eigenvalue weighted by Crippen LogP contribution is -2.48. The Morgan fingerprint density at radius 3 is 2.56 bits per heavy atom. The molecule has 0 bridgehead atoms. The normalized spacial score (nSPS) is 38.6. The predicted octanol–water partition coefficient (Wildman–Crippen LogP) is 2.35. The Bertz CT molecular complexity index is 237. The lowest BCUT2D eigenvalue weighted by atomic mass is 9.93. The number of piperidine rings is 1. The van der Waals surface area contributed by atoms with Crippen molar-refractivity contribution >= 4 is 0 Å². The van der Waals surface area contributed by atoms with Gasteiger partial charge in [-0.25, -0.2) is 0 Å². The Kier molecular flexibility index (Phi) is 3.60. The van der Waals surface area contributed by atoms with Crippen molar-refractivity contribution in [3.05, 3.63) is 0 Å². The van der Waals surface area contributed by atoms with Gasteiger partial charge in [-0.2, -0.15) is 0 Å². The third-order valence-corrected chi connectivity index (χ3v) is 4.65. The van der Waals surface area contributed by atoms with Gasteiger partial charge in [0.15, 0.2) is 0 Å². The van der Waals surface area contributed by atoms with Crippen LogP contribution < -0.4 is 5.32 Å². The fraction of sp³-hybridized carbons (Fsp3) is 1.00. The van der Waals surface area contributed by atoms with Gasteiger partial charge in [0.05, 0.1) is 0 Å². The molecule has 1 N–H and O–H groups in total. The average Bonchev–Trinajstić information content (AvgIpc) is 2.79. The Balaban J connectivity index is 1.75. The Hall–Kier alpha value is -0.0800. The molecule has 94 valence electrons. The minimum Gasteiger partial charge on any atom is -0.314 e. The van der Waals surface area contributed by atoms with Crippen molar-refractivity contribution < 1.29 is 0 Å². The smallest absolute Gasteiger partial charge is 0.0117 e. The van der Waals surface area contributed by atoms with Gasteiger partial charge in [-0.3, -0.25) is 0 Å². The van der Waals surface area contributed by atoms with E-state index in [1.807, 2.05) is 0 Å². The summed E-state index contributed by atoms with van der Waals surface area (Å²) in [6.45, 7) is 14.5. The first-order chi connectivity index (χ1) is 7.53. The van der Waals surface area contributed by atoms with Crippen LogP contribution in [0.1, 0.15) is 40.5 Å². The molecule has 0 amide bonds. The topological polar surface area (TPSA) is 15.3 Å². The lowest BCUT2D eigenvalue weighted by molar-refractivity contribution is 0.139. The van der Waals surface area contributed by atoms with Crippen LogP contribution in [0.15, 0.2) is 0 Å². The van der Waals surface area contributed by atoms with E-state index in [0.29, 0.717) is 5.41 Å². The van der Waals surface area contributed by atoms with Crippen LogP contribution in [0.2, 0.25) is 0 Å². The van der Waals surface area contributed by atoms with Crippen molar-refractivity contribution in [1.29, 1.82) is 0 Å². The molecule has 0 spiro atoms. The summed E-state index contributed by atoms with van der Waals surface area (Å²) in [6, 6.07) is 0.758. The van der Waals surface area contributed by atoms with Crippen LogP contribution in [0.4, 0.5) is 0 Å². The molecule has 3 unspecified atom stereocenters. The average molecular weight is 224 g/mol. The molecular weight excluding hydrogens is 196 g/mol. The second-order valence-electron chi connectivity index (χ2n) is 6.58. The molecule has 1 saturated heterocycles. The molecule has 2 nitrogen and oxygen atoms in total. The third-order valence-electron chi connectivity index (χ3n) is 4.65. The molecule has 0 radical (unpaired) electrons. The first kappa shape index (κ1) is 12.4.